The van der Waals surface area contributed by atoms with E-state index in [1.54, 1.807) is 0 Å². The maximum Gasteiger partial charge on any atom is 0.0558 e. The molecule has 0 aliphatic heterocycles. The molecule has 0 rings (SSSR count). The van der Waals surface area contributed by atoms with Crippen LogP contribution in [0.25, 0.3) is 0 Å². The van der Waals surface area contributed by atoms with Gasteiger partial charge in [-0.3, -0.25) is 0 Å². The molecule has 0 aliphatic carbocycles. The predicted molar refractivity (Wildman–Crippen MR) is 42.8 cm³/mol. The highest BCUT2D eigenvalue weighted by Crippen LogP contribution is 1.89. The third-order valence-electron chi connectivity index (χ3n) is 1.55. The van der Waals surface area contributed by atoms with Gasteiger partial charge in [-0.05, 0) is 13.5 Å². The topological polar surface area (TPSA) is 49.5 Å². The van der Waals surface area contributed by atoms with E-state index in [2.05, 4.69) is 6.92 Å². The molecule has 3 N–H and O–H groups in total. The van der Waals surface area contributed by atoms with Crippen LogP contribution in [-0.2, 0) is 0 Å². The van der Waals surface area contributed by atoms with Gasteiger partial charge in [-0.15, -0.1) is 0 Å². The Hall–Kier alpha value is -0.120. The average molecular weight is 146 g/mol. The Labute approximate surface area is 62.8 Å². The Kier molecular flexibility index (Phi) is 5.58. The number of hydrogen-bond donors (Lipinski definition) is 2. The largest absolute Gasteiger partial charge is 0.395 e. The van der Waals surface area contributed by atoms with Crippen molar-refractivity contribution in [3.8, 4) is 0 Å². The zero-order chi connectivity index (χ0) is 7.98. The molecule has 1 atom stereocenters. The van der Waals surface area contributed by atoms with E-state index in [1.165, 1.54) is 0 Å². The monoisotopic (exact) mass is 146 g/mol. The summed E-state index contributed by atoms with van der Waals surface area (Å²) in [7, 11) is 1.96. The zero-order valence-corrected chi connectivity index (χ0v) is 6.88. The summed E-state index contributed by atoms with van der Waals surface area (Å²) in [4.78, 5) is 2.04. The smallest absolute Gasteiger partial charge is 0.0558 e. The van der Waals surface area contributed by atoms with Gasteiger partial charge in [0.05, 0.1) is 6.61 Å². The third-order valence-corrected chi connectivity index (χ3v) is 1.55. The van der Waals surface area contributed by atoms with Crippen LogP contribution in [-0.4, -0.2) is 42.8 Å². The number of nitrogens with zero attached hydrogens (tertiary/aromatic N) is 1. The number of likely N-dealkylation sites (N-methyl/N-ethyl adjacent to an activating group) is 1. The van der Waals surface area contributed by atoms with Crippen molar-refractivity contribution in [2.24, 2.45) is 5.73 Å². The second-order valence-corrected chi connectivity index (χ2v) is 2.65. The van der Waals surface area contributed by atoms with E-state index in [-0.39, 0.29) is 12.6 Å². The molecule has 10 heavy (non-hydrogen) atoms. The standard InChI is InChI=1S/C7H18N2O/c1-3-7(8)6-9(2)4-5-10/h7,10H,3-6,8H2,1-2H3. The number of aliphatic hydroxyl groups excluding tert-OH is 1. The molecule has 0 saturated carbocycles. The zero-order valence-electron chi connectivity index (χ0n) is 6.88. The van der Waals surface area contributed by atoms with Gasteiger partial charge in [0.2, 0.25) is 0 Å². The SMILES string of the molecule is CCC(N)CN(C)CCO. The highest BCUT2D eigenvalue weighted by Gasteiger charge is 2.02. The first-order chi connectivity index (χ1) is 4.70. The maximum atomic E-state index is 8.54. The van der Waals surface area contributed by atoms with E-state index < -0.39 is 0 Å². The van der Waals surface area contributed by atoms with Crippen LogP contribution < -0.4 is 5.73 Å². The Morgan fingerprint density at radius 1 is 1.60 bits per heavy atom. The van der Waals surface area contributed by atoms with Crippen molar-refractivity contribution in [2.45, 2.75) is 19.4 Å². The molecule has 62 valence electrons. The molecule has 0 saturated heterocycles. The summed E-state index contributed by atoms with van der Waals surface area (Å²) >= 11 is 0. The molecule has 0 aromatic carbocycles. The van der Waals surface area contributed by atoms with Crippen molar-refractivity contribution in [3.05, 3.63) is 0 Å². The van der Waals surface area contributed by atoms with E-state index in [0.29, 0.717) is 6.54 Å². The Morgan fingerprint density at radius 2 is 2.20 bits per heavy atom. The fraction of sp³-hybridized carbons (Fsp3) is 1.00. The van der Waals surface area contributed by atoms with Crippen LogP contribution in [0.1, 0.15) is 13.3 Å². The molecule has 0 bridgehead atoms. The molecule has 0 aromatic heterocycles. The average Bonchev–Trinajstić information content (AvgIpc) is 1.88. The normalized spacial score (nSPS) is 14.1. The molecule has 3 heteroatoms. The first-order valence-corrected chi connectivity index (χ1v) is 3.75. The summed E-state index contributed by atoms with van der Waals surface area (Å²) in [5, 5.41) is 8.54. The summed E-state index contributed by atoms with van der Waals surface area (Å²) in [5.41, 5.74) is 5.68. The molecule has 0 spiro atoms. The molecule has 0 amide bonds. The van der Waals surface area contributed by atoms with Crippen molar-refractivity contribution in [1.29, 1.82) is 0 Å². The summed E-state index contributed by atoms with van der Waals surface area (Å²) in [6.07, 6.45) is 0.996. The van der Waals surface area contributed by atoms with Crippen molar-refractivity contribution in [3.63, 3.8) is 0 Å². The molecule has 0 radical (unpaired) electrons. The molecular weight excluding hydrogens is 128 g/mol. The molecule has 0 aromatic rings. The van der Waals surface area contributed by atoms with Gasteiger partial charge in [-0.1, -0.05) is 6.92 Å². The van der Waals surface area contributed by atoms with E-state index in [9.17, 15) is 0 Å². The minimum absolute atomic E-state index is 0.215. The lowest BCUT2D eigenvalue weighted by Gasteiger charge is -2.18. The van der Waals surface area contributed by atoms with Gasteiger partial charge in [0.25, 0.3) is 0 Å². The van der Waals surface area contributed by atoms with Crippen molar-refractivity contribution in [2.75, 3.05) is 26.7 Å². The maximum absolute atomic E-state index is 8.54. The Bertz CT molecular complexity index is 78.0. The molecule has 0 heterocycles. The molecule has 1 unspecified atom stereocenters. The lowest BCUT2D eigenvalue weighted by Crippen LogP contribution is -2.36. The fourth-order valence-corrected chi connectivity index (χ4v) is 0.791. The summed E-state index contributed by atoms with van der Waals surface area (Å²) < 4.78 is 0. The van der Waals surface area contributed by atoms with Crippen LogP contribution in [0.15, 0.2) is 0 Å². The lowest BCUT2D eigenvalue weighted by molar-refractivity contribution is 0.214. The minimum Gasteiger partial charge on any atom is -0.395 e. The lowest BCUT2D eigenvalue weighted by atomic mass is 10.2. The van der Waals surface area contributed by atoms with Crippen LogP contribution in [0, 0.1) is 0 Å². The van der Waals surface area contributed by atoms with Gasteiger partial charge in [-0.25, -0.2) is 0 Å². The van der Waals surface area contributed by atoms with Crippen LogP contribution in [0.5, 0.6) is 0 Å². The minimum atomic E-state index is 0.215. The summed E-state index contributed by atoms with van der Waals surface area (Å²) in [6, 6.07) is 0.247. The number of rotatable bonds is 5. The van der Waals surface area contributed by atoms with E-state index in [0.717, 1.165) is 13.0 Å². The van der Waals surface area contributed by atoms with Crippen LogP contribution in [0.2, 0.25) is 0 Å². The van der Waals surface area contributed by atoms with Gasteiger partial charge in [0, 0.05) is 19.1 Å². The molecule has 3 nitrogen and oxygen atoms in total. The van der Waals surface area contributed by atoms with Crippen LogP contribution in [0.3, 0.4) is 0 Å². The van der Waals surface area contributed by atoms with Crippen LogP contribution >= 0.6 is 0 Å². The van der Waals surface area contributed by atoms with E-state index in [1.807, 2.05) is 11.9 Å². The van der Waals surface area contributed by atoms with Gasteiger partial charge in [0.1, 0.15) is 0 Å². The molecular formula is C7H18N2O. The van der Waals surface area contributed by atoms with E-state index in [4.69, 9.17) is 10.8 Å². The second kappa shape index (κ2) is 5.65. The van der Waals surface area contributed by atoms with Gasteiger partial charge < -0.3 is 15.7 Å². The number of hydrogen-bond acceptors (Lipinski definition) is 3. The highest BCUT2D eigenvalue weighted by molar-refractivity contribution is 4.62. The molecule has 0 fully saturated rings. The Balaban J connectivity index is 3.27. The van der Waals surface area contributed by atoms with Crippen molar-refractivity contribution < 1.29 is 5.11 Å². The van der Waals surface area contributed by atoms with E-state index >= 15 is 0 Å². The molecule has 0 aliphatic rings. The first-order valence-electron chi connectivity index (χ1n) is 3.75. The Morgan fingerprint density at radius 3 is 2.60 bits per heavy atom. The van der Waals surface area contributed by atoms with Crippen molar-refractivity contribution >= 4 is 0 Å². The number of aliphatic hydroxyl groups is 1. The van der Waals surface area contributed by atoms with Crippen LogP contribution in [0.4, 0.5) is 0 Å². The fourth-order valence-electron chi connectivity index (χ4n) is 0.791. The summed E-state index contributed by atoms with van der Waals surface area (Å²) in [5.74, 6) is 0. The van der Waals surface area contributed by atoms with Gasteiger partial charge >= 0.3 is 0 Å². The van der Waals surface area contributed by atoms with Crippen molar-refractivity contribution in [1.82, 2.24) is 4.90 Å². The highest BCUT2D eigenvalue weighted by atomic mass is 16.3. The third kappa shape index (κ3) is 4.73. The van der Waals surface area contributed by atoms with Gasteiger partial charge in [-0.2, -0.15) is 0 Å². The predicted octanol–water partition coefficient (Wildman–Crippen LogP) is -0.352. The quantitative estimate of drug-likeness (QED) is 0.557. The first kappa shape index (κ1) is 9.88. The van der Waals surface area contributed by atoms with Gasteiger partial charge in [0.15, 0.2) is 0 Å². The number of nitrogens with two attached hydrogens (primary N) is 1. The summed E-state index contributed by atoms with van der Waals surface area (Å²) in [6.45, 7) is 3.87. The second-order valence-electron chi connectivity index (χ2n) is 2.65.